The van der Waals surface area contributed by atoms with Crippen molar-refractivity contribution in [2.24, 2.45) is 5.14 Å². The number of nitrogens with two attached hydrogens (primary N) is 1. The van der Waals surface area contributed by atoms with E-state index in [2.05, 4.69) is 16.3 Å². The van der Waals surface area contributed by atoms with Gasteiger partial charge in [0.2, 0.25) is 16.0 Å². The lowest BCUT2D eigenvalue weighted by atomic mass is 10.00. The molecule has 1 saturated carbocycles. The van der Waals surface area contributed by atoms with E-state index in [4.69, 9.17) is 15.1 Å². The molecule has 1 fully saturated rings. The molecular weight excluding hydrogens is 398 g/mol. The molecule has 0 atom stereocenters. The van der Waals surface area contributed by atoms with Gasteiger partial charge in [-0.15, -0.1) is 0 Å². The quantitative estimate of drug-likeness (QED) is 0.655. The van der Waals surface area contributed by atoms with E-state index in [1.807, 2.05) is 36.4 Å². The van der Waals surface area contributed by atoms with Gasteiger partial charge in [0.15, 0.2) is 0 Å². The van der Waals surface area contributed by atoms with Crippen LogP contribution in [-0.4, -0.2) is 24.9 Å². The molecule has 3 aromatic rings. The molecule has 30 heavy (non-hydrogen) atoms. The van der Waals surface area contributed by atoms with Gasteiger partial charge in [-0.05, 0) is 54.7 Å². The Morgan fingerprint density at radius 2 is 1.80 bits per heavy atom. The van der Waals surface area contributed by atoms with Crippen molar-refractivity contribution in [2.45, 2.75) is 36.6 Å². The Balaban J connectivity index is 1.46. The van der Waals surface area contributed by atoms with Gasteiger partial charge in [-0.2, -0.15) is 4.98 Å². The molecule has 2 heterocycles. The Hall–Kier alpha value is -2.97. The molecule has 8 heteroatoms. The Labute approximate surface area is 176 Å². The van der Waals surface area contributed by atoms with E-state index >= 15 is 0 Å². The summed E-state index contributed by atoms with van der Waals surface area (Å²) < 4.78 is 23.5. The Morgan fingerprint density at radius 3 is 2.53 bits per heavy atom. The van der Waals surface area contributed by atoms with Crippen LogP contribution in [0.1, 0.15) is 35.6 Å². The molecule has 0 amide bonds. The predicted molar refractivity (Wildman–Crippen MR) is 116 cm³/mol. The SMILES string of the molecule is NS(=O)(=O)c1ccc2c(c1)CN(c1cc(C3CC3)nc(Nc3ccccc3)n1)CC2. The van der Waals surface area contributed by atoms with Crippen LogP contribution in [0.3, 0.4) is 0 Å². The minimum Gasteiger partial charge on any atom is -0.352 e. The fraction of sp³-hybridized carbons (Fsp3) is 0.273. The molecule has 1 aliphatic heterocycles. The number of benzene rings is 2. The molecular formula is C22H23N5O2S. The maximum Gasteiger partial charge on any atom is 0.238 e. The van der Waals surface area contributed by atoms with E-state index < -0.39 is 10.0 Å². The molecule has 7 nitrogen and oxygen atoms in total. The fourth-order valence-electron chi connectivity index (χ4n) is 3.82. The normalized spacial score (nSPS) is 16.2. The van der Waals surface area contributed by atoms with Crippen LogP contribution in [0.4, 0.5) is 17.5 Å². The van der Waals surface area contributed by atoms with Crippen LogP contribution in [0, 0.1) is 0 Å². The largest absolute Gasteiger partial charge is 0.352 e. The summed E-state index contributed by atoms with van der Waals surface area (Å²) in [5.74, 6) is 1.94. The lowest BCUT2D eigenvalue weighted by molar-refractivity contribution is 0.597. The van der Waals surface area contributed by atoms with Crippen molar-refractivity contribution < 1.29 is 8.42 Å². The number of para-hydroxylation sites is 1. The highest BCUT2D eigenvalue weighted by atomic mass is 32.2. The van der Waals surface area contributed by atoms with Crippen molar-refractivity contribution in [1.82, 2.24) is 9.97 Å². The maximum absolute atomic E-state index is 11.8. The van der Waals surface area contributed by atoms with Gasteiger partial charge in [-0.1, -0.05) is 24.3 Å². The standard InChI is InChI=1S/C22H23N5O2S/c23-30(28,29)19-9-8-15-10-11-27(14-17(15)12-19)21-13-20(16-6-7-16)25-22(26-21)24-18-4-2-1-3-5-18/h1-5,8-9,12-13,16H,6-7,10-11,14H2,(H2,23,28,29)(H,24,25,26). The molecule has 0 saturated heterocycles. The molecule has 0 bridgehead atoms. The first-order valence-electron chi connectivity index (χ1n) is 10.1. The van der Waals surface area contributed by atoms with Crippen molar-refractivity contribution in [3.63, 3.8) is 0 Å². The third kappa shape index (κ3) is 4.01. The van der Waals surface area contributed by atoms with Gasteiger partial charge in [0, 0.05) is 30.8 Å². The summed E-state index contributed by atoms with van der Waals surface area (Å²) in [6, 6.07) is 17.1. The average molecular weight is 422 g/mol. The summed E-state index contributed by atoms with van der Waals surface area (Å²) >= 11 is 0. The van der Waals surface area contributed by atoms with E-state index in [-0.39, 0.29) is 4.90 Å². The van der Waals surface area contributed by atoms with Crippen LogP contribution in [0.25, 0.3) is 0 Å². The third-order valence-corrected chi connectivity index (χ3v) is 6.51. The minimum absolute atomic E-state index is 0.149. The molecule has 2 aromatic carbocycles. The summed E-state index contributed by atoms with van der Waals surface area (Å²) in [6.45, 7) is 1.40. The number of hydrogen-bond donors (Lipinski definition) is 2. The first-order chi connectivity index (χ1) is 14.5. The summed E-state index contributed by atoms with van der Waals surface area (Å²) in [5, 5.41) is 8.63. The predicted octanol–water partition coefficient (Wildman–Crippen LogP) is 3.31. The second-order valence-electron chi connectivity index (χ2n) is 7.89. The van der Waals surface area contributed by atoms with Crippen molar-refractivity contribution in [1.29, 1.82) is 0 Å². The van der Waals surface area contributed by atoms with E-state index in [1.165, 1.54) is 0 Å². The van der Waals surface area contributed by atoms with Crippen LogP contribution in [0.5, 0.6) is 0 Å². The number of nitrogens with zero attached hydrogens (tertiary/aromatic N) is 3. The van der Waals surface area contributed by atoms with Crippen LogP contribution in [-0.2, 0) is 23.0 Å². The molecule has 5 rings (SSSR count). The summed E-state index contributed by atoms with van der Waals surface area (Å²) in [7, 11) is -3.72. The van der Waals surface area contributed by atoms with Gasteiger partial charge in [0.05, 0.1) is 10.6 Å². The summed E-state index contributed by atoms with van der Waals surface area (Å²) in [4.78, 5) is 11.8. The first kappa shape index (κ1) is 19.0. The van der Waals surface area contributed by atoms with E-state index in [9.17, 15) is 8.42 Å². The molecule has 1 aromatic heterocycles. The smallest absolute Gasteiger partial charge is 0.238 e. The highest BCUT2D eigenvalue weighted by molar-refractivity contribution is 7.89. The number of nitrogens with one attached hydrogen (secondary N) is 1. The number of fused-ring (bicyclic) bond motifs is 1. The highest BCUT2D eigenvalue weighted by Gasteiger charge is 2.28. The number of hydrogen-bond acceptors (Lipinski definition) is 6. The second-order valence-corrected chi connectivity index (χ2v) is 9.45. The van der Waals surface area contributed by atoms with Crippen molar-refractivity contribution in [2.75, 3.05) is 16.8 Å². The van der Waals surface area contributed by atoms with E-state index in [1.54, 1.807) is 12.1 Å². The zero-order valence-corrected chi connectivity index (χ0v) is 17.3. The number of anilines is 3. The Morgan fingerprint density at radius 1 is 1.00 bits per heavy atom. The number of aromatic nitrogens is 2. The average Bonchev–Trinajstić information content (AvgIpc) is 3.58. The molecule has 154 valence electrons. The second kappa shape index (κ2) is 7.37. The maximum atomic E-state index is 11.8. The topological polar surface area (TPSA) is 101 Å². The monoisotopic (exact) mass is 421 g/mol. The molecule has 3 N–H and O–H groups in total. The third-order valence-electron chi connectivity index (χ3n) is 5.60. The zero-order chi connectivity index (χ0) is 20.7. The lowest BCUT2D eigenvalue weighted by Crippen LogP contribution is -2.31. The molecule has 0 radical (unpaired) electrons. The fourth-order valence-corrected chi connectivity index (χ4v) is 4.38. The number of rotatable bonds is 5. The van der Waals surface area contributed by atoms with Crippen molar-refractivity contribution in [3.05, 3.63) is 71.4 Å². The van der Waals surface area contributed by atoms with Gasteiger partial charge in [0.1, 0.15) is 5.82 Å². The molecule has 0 unspecified atom stereocenters. The van der Waals surface area contributed by atoms with Gasteiger partial charge >= 0.3 is 0 Å². The van der Waals surface area contributed by atoms with Gasteiger partial charge in [-0.3, -0.25) is 0 Å². The number of primary sulfonamides is 1. The van der Waals surface area contributed by atoms with Crippen molar-refractivity contribution >= 4 is 27.5 Å². The summed E-state index contributed by atoms with van der Waals surface area (Å²) in [5.41, 5.74) is 4.12. The molecule has 2 aliphatic rings. The minimum atomic E-state index is -3.72. The highest BCUT2D eigenvalue weighted by Crippen LogP contribution is 2.40. The van der Waals surface area contributed by atoms with Crippen LogP contribution >= 0.6 is 0 Å². The molecule has 1 aliphatic carbocycles. The van der Waals surface area contributed by atoms with Crippen LogP contribution < -0.4 is 15.4 Å². The lowest BCUT2D eigenvalue weighted by Gasteiger charge is -2.30. The zero-order valence-electron chi connectivity index (χ0n) is 16.5. The van der Waals surface area contributed by atoms with Gasteiger partial charge in [0.25, 0.3) is 0 Å². The van der Waals surface area contributed by atoms with Crippen LogP contribution in [0.15, 0.2) is 59.5 Å². The van der Waals surface area contributed by atoms with Crippen LogP contribution in [0.2, 0.25) is 0 Å². The van der Waals surface area contributed by atoms with E-state index in [0.717, 1.165) is 54.1 Å². The van der Waals surface area contributed by atoms with Crippen molar-refractivity contribution in [3.8, 4) is 0 Å². The van der Waals surface area contributed by atoms with E-state index in [0.29, 0.717) is 18.4 Å². The summed E-state index contributed by atoms with van der Waals surface area (Å²) in [6.07, 6.45) is 3.13. The van der Waals surface area contributed by atoms with Gasteiger partial charge in [-0.25, -0.2) is 18.5 Å². The first-order valence-corrected chi connectivity index (χ1v) is 11.6. The van der Waals surface area contributed by atoms with Gasteiger partial charge < -0.3 is 10.2 Å². The Kier molecular flexibility index (Phi) is 4.67. The molecule has 0 spiro atoms. The number of sulfonamides is 1. The Bertz CT molecular complexity index is 1190.